The van der Waals surface area contributed by atoms with Gasteiger partial charge in [-0.3, -0.25) is 19.3 Å². The second-order valence-corrected chi connectivity index (χ2v) is 10.1. The fourth-order valence-electron chi connectivity index (χ4n) is 5.62. The van der Waals surface area contributed by atoms with Gasteiger partial charge in [0.1, 0.15) is 0 Å². The zero-order valence-electron chi connectivity index (χ0n) is 19.0. The smallest absolute Gasteiger partial charge is 0.227 e. The third-order valence-corrected chi connectivity index (χ3v) is 8.12. The minimum absolute atomic E-state index is 0.106. The number of aryl methyl sites for hydroxylation is 1. The highest BCUT2D eigenvalue weighted by atomic mass is 35.5. The Morgan fingerprint density at radius 1 is 1.06 bits per heavy atom. The summed E-state index contributed by atoms with van der Waals surface area (Å²) in [5.74, 6) is 0.148. The average molecular weight is 492 g/mol. The molecular weight excluding hydrogens is 461 g/mol. The summed E-state index contributed by atoms with van der Waals surface area (Å²) in [5.41, 5.74) is 2.07. The number of amides is 1. The van der Waals surface area contributed by atoms with Crippen molar-refractivity contribution in [2.45, 2.75) is 43.9 Å². The maximum absolute atomic E-state index is 13.6. The molecule has 9 heteroatoms. The van der Waals surface area contributed by atoms with Crippen LogP contribution in [0, 0.1) is 0 Å². The first-order chi connectivity index (χ1) is 16.0. The highest BCUT2D eigenvalue weighted by Gasteiger charge is 2.47. The monoisotopic (exact) mass is 491 g/mol. The summed E-state index contributed by atoms with van der Waals surface area (Å²) in [7, 11) is 1.98. The Labute approximate surface area is 205 Å². The van der Waals surface area contributed by atoms with Crippen LogP contribution in [0.2, 0.25) is 10.0 Å². The second kappa shape index (κ2) is 9.92. The maximum Gasteiger partial charge on any atom is 0.227 e. The lowest BCUT2D eigenvalue weighted by atomic mass is 9.90. The number of carbonyl (C=O) groups excluding carboxylic acids is 1. The fourth-order valence-corrected chi connectivity index (χ4v) is 5.94. The number of carbonyl (C=O) groups is 1. The molecule has 7 nitrogen and oxygen atoms in total. The van der Waals surface area contributed by atoms with E-state index in [2.05, 4.69) is 25.9 Å². The number of nitrogens with zero attached hydrogens (tertiary/aromatic N) is 5. The zero-order valence-corrected chi connectivity index (χ0v) is 20.5. The molecule has 3 aliphatic rings. The van der Waals surface area contributed by atoms with Crippen LogP contribution in [0.1, 0.15) is 24.1 Å². The molecule has 0 spiro atoms. The van der Waals surface area contributed by atoms with Crippen molar-refractivity contribution in [3.8, 4) is 0 Å². The quantitative estimate of drug-likeness (QED) is 0.643. The molecule has 1 aromatic carbocycles. The number of ether oxygens (including phenoxy) is 1. The van der Waals surface area contributed by atoms with E-state index < -0.39 is 0 Å². The molecule has 3 saturated heterocycles. The number of benzene rings is 1. The highest BCUT2D eigenvalue weighted by molar-refractivity contribution is 6.42. The largest absolute Gasteiger partial charge is 0.378 e. The number of hydrogen-bond donors (Lipinski definition) is 0. The van der Waals surface area contributed by atoms with E-state index in [1.54, 1.807) is 12.1 Å². The van der Waals surface area contributed by atoms with Gasteiger partial charge < -0.3 is 9.64 Å². The number of fused-ring (bicyclic) bond motifs is 1. The summed E-state index contributed by atoms with van der Waals surface area (Å²) in [4.78, 5) is 20.7. The third kappa shape index (κ3) is 4.80. The van der Waals surface area contributed by atoms with Gasteiger partial charge in [0, 0.05) is 32.9 Å². The SMILES string of the molecule is Cn1nccc1CN1CCN(C(=O)Cc2ccc(Cl)c(Cl)c2)[C@@H]2C(N3CCCC3)COC[C@H]21. The summed E-state index contributed by atoms with van der Waals surface area (Å²) >= 11 is 12.3. The lowest BCUT2D eigenvalue weighted by molar-refractivity contribution is -0.153. The molecule has 0 aliphatic carbocycles. The molecule has 0 saturated carbocycles. The number of halogens is 2. The minimum atomic E-state index is 0.106. The Hall–Kier alpha value is -1.64. The van der Waals surface area contributed by atoms with Gasteiger partial charge in [-0.05, 0) is 49.7 Å². The number of hydrogen-bond acceptors (Lipinski definition) is 5. The van der Waals surface area contributed by atoms with Crippen molar-refractivity contribution in [2.75, 3.05) is 39.4 Å². The second-order valence-electron chi connectivity index (χ2n) is 9.33. The van der Waals surface area contributed by atoms with Crippen LogP contribution in [0.5, 0.6) is 0 Å². The molecule has 4 heterocycles. The summed E-state index contributed by atoms with van der Waals surface area (Å²) in [6, 6.07) is 8.02. The van der Waals surface area contributed by atoms with Gasteiger partial charge in [0.15, 0.2) is 0 Å². The summed E-state index contributed by atoms with van der Waals surface area (Å²) < 4.78 is 8.07. The molecule has 2 aromatic rings. The van der Waals surface area contributed by atoms with Crippen LogP contribution in [-0.4, -0.2) is 87.9 Å². The standard InChI is InChI=1S/C24H31Cl2N5O2/c1-28-18(6-7-27-28)14-30-10-11-31(23(32)13-17-4-5-19(25)20(26)12-17)24-21(15-33-16-22(24)30)29-8-2-3-9-29/h4-7,12,21-22,24H,2-3,8-11,13-16H2,1H3/t21?,22-,24-/m1/s1. The van der Waals surface area contributed by atoms with Crippen LogP contribution in [0.15, 0.2) is 30.5 Å². The Bertz CT molecular complexity index is 993. The predicted molar refractivity (Wildman–Crippen MR) is 128 cm³/mol. The first kappa shape index (κ1) is 23.1. The van der Waals surface area contributed by atoms with E-state index in [1.807, 2.05) is 24.0 Å². The van der Waals surface area contributed by atoms with E-state index in [9.17, 15) is 4.79 Å². The Morgan fingerprint density at radius 3 is 2.58 bits per heavy atom. The molecule has 178 valence electrons. The molecule has 0 bridgehead atoms. The van der Waals surface area contributed by atoms with Crippen molar-refractivity contribution < 1.29 is 9.53 Å². The van der Waals surface area contributed by atoms with Crippen molar-refractivity contribution in [3.05, 3.63) is 51.8 Å². The molecule has 3 aliphatic heterocycles. The topological polar surface area (TPSA) is 53.8 Å². The zero-order chi connectivity index (χ0) is 22.9. The molecule has 3 atom stereocenters. The Kier molecular flexibility index (Phi) is 6.95. The number of piperazine rings is 1. The molecule has 1 unspecified atom stereocenters. The van der Waals surface area contributed by atoms with Crippen LogP contribution in [0.25, 0.3) is 0 Å². The van der Waals surface area contributed by atoms with Crippen molar-refractivity contribution >= 4 is 29.1 Å². The van der Waals surface area contributed by atoms with Crippen molar-refractivity contribution in [2.24, 2.45) is 7.05 Å². The van der Waals surface area contributed by atoms with E-state index in [1.165, 1.54) is 18.5 Å². The summed E-state index contributed by atoms with van der Waals surface area (Å²) in [6.45, 7) is 5.81. The van der Waals surface area contributed by atoms with Crippen LogP contribution >= 0.6 is 23.2 Å². The van der Waals surface area contributed by atoms with Gasteiger partial charge in [-0.25, -0.2) is 0 Å². The highest BCUT2D eigenvalue weighted by Crippen LogP contribution is 2.31. The molecule has 5 rings (SSSR count). The van der Waals surface area contributed by atoms with Gasteiger partial charge in [0.25, 0.3) is 0 Å². The maximum atomic E-state index is 13.6. The van der Waals surface area contributed by atoms with Crippen molar-refractivity contribution in [1.82, 2.24) is 24.5 Å². The van der Waals surface area contributed by atoms with Gasteiger partial charge in [0.2, 0.25) is 5.91 Å². The van der Waals surface area contributed by atoms with Crippen molar-refractivity contribution in [3.63, 3.8) is 0 Å². The van der Waals surface area contributed by atoms with Crippen LogP contribution in [0.3, 0.4) is 0 Å². The normalized spacial score (nSPS) is 26.5. The van der Waals surface area contributed by atoms with Crippen LogP contribution in [-0.2, 0) is 29.5 Å². The van der Waals surface area contributed by atoms with Gasteiger partial charge in [0.05, 0.1) is 53.5 Å². The van der Waals surface area contributed by atoms with Crippen LogP contribution in [0.4, 0.5) is 0 Å². The first-order valence-corrected chi connectivity index (χ1v) is 12.5. The molecule has 0 radical (unpaired) electrons. The van der Waals surface area contributed by atoms with Crippen LogP contribution < -0.4 is 0 Å². The third-order valence-electron chi connectivity index (χ3n) is 7.38. The molecule has 1 amide bonds. The lowest BCUT2D eigenvalue weighted by Gasteiger charge is -2.54. The Morgan fingerprint density at radius 2 is 1.85 bits per heavy atom. The molecule has 0 N–H and O–H groups in total. The Balaban J connectivity index is 1.40. The van der Waals surface area contributed by atoms with E-state index in [0.717, 1.165) is 31.7 Å². The van der Waals surface area contributed by atoms with Gasteiger partial charge in [-0.2, -0.15) is 5.10 Å². The number of aromatic nitrogens is 2. The number of rotatable bonds is 5. The summed E-state index contributed by atoms with van der Waals surface area (Å²) in [5, 5.41) is 5.33. The van der Waals surface area contributed by atoms with E-state index in [-0.39, 0.29) is 24.0 Å². The number of likely N-dealkylation sites (tertiary alicyclic amines) is 1. The fraction of sp³-hybridized carbons (Fsp3) is 0.583. The van der Waals surface area contributed by atoms with E-state index in [4.69, 9.17) is 27.9 Å². The first-order valence-electron chi connectivity index (χ1n) is 11.8. The van der Waals surface area contributed by atoms with Gasteiger partial charge >= 0.3 is 0 Å². The molecule has 3 fully saturated rings. The average Bonchev–Trinajstić information content (AvgIpc) is 3.48. The van der Waals surface area contributed by atoms with Gasteiger partial charge in [-0.15, -0.1) is 0 Å². The van der Waals surface area contributed by atoms with Crippen molar-refractivity contribution in [1.29, 1.82) is 0 Å². The molecule has 1 aromatic heterocycles. The predicted octanol–water partition coefficient (Wildman–Crippen LogP) is 2.85. The van der Waals surface area contributed by atoms with E-state index >= 15 is 0 Å². The molecular formula is C24H31Cl2N5O2. The van der Waals surface area contributed by atoms with E-state index in [0.29, 0.717) is 36.2 Å². The lowest BCUT2D eigenvalue weighted by Crippen LogP contribution is -2.71. The molecule has 33 heavy (non-hydrogen) atoms. The summed E-state index contributed by atoms with van der Waals surface area (Å²) in [6.07, 6.45) is 4.59. The van der Waals surface area contributed by atoms with Gasteiger partial charge in [-0.1, -0.05) is 29.3 Å². The minimum Gasteiger partial charge on any atom is -0.378 e.